The van der Waals surface area contributed by atoms with Crippen LogP contribution < -0.4 is 5.32 Å². The van der Waals surface area contributed by atoms with Gasteiger partial charge in [-0.2, -0.15) is 0 Å². The summed E-state index contributed by atoms with van der Waals surface area (Å²) >= 11 is 0. The summed E-state index contributed by atoms with van der Waals surface area (Å²) < 4.78 is 4.71. The maximum Gasteiger partial charge on any atom is 0.166 e. The first-order valence-corrected chi connectivity index (χ1v) is 3.08. The summed E-state index contributed by atoms with van der Waals surface area (Å²) in [5.74, 6) is 0.495. The molecule has 0 spiro atoms. The van der Waals surface area contributed by atoms with Gasteiger partial charge in [-0.15, -0.1) is 0 Å². The topological polar surface area (TPSA) is 58.3 Å². The summed E-state index contributed by atoms with van der Waals surface area (Å²) in [5.41, 5.74) is 0. The van der Waals surface area contributed by atoms with Gasteiger partial charge in [-0.3, -0.25) is 0 Å². The van der Waals surface area contributed by atoms with Crippen LogP contribution in [0.5, 0.6) is 0 Å². The van der Waals surface area contributed by atoms with Crippen LogP contribution >= 0.6 is 0 Å². The summed E-state index contributed by atoms with van der Waals surface area (Å²) in [6, 6.07) is 1.64. The molecule has 1 atom stereocenters. The first-order chi connectivity index (χ1) is 4.84. The van der Waals surface area contributed by atoms with Crippen molar-refractivity contribution in [2.45, 2.75) is 6.10 Å². The van der Waals surface area contributed by atoms with Gasteiger partial charge >= 0.3 is 0 Å². The quantitative estimate of drug-likeness (QED) is 0.620. The molecule has 0 aliphatic rings. The molecule has 1 aromatic rings. The van der Waals surface area contributed by atoms with Crippen molar-refractivity contribution in [2.24, 2.45) is 0 Å². The fourth-order valence-electron chi connectivity index (χ4n) is 0.691. The molecule has 0 radical (unpaired) electrons. The van der Waals surface area contributed by atoms with Crippen LogP contribution in [-0.2, 0) is 0 Å². The predicted octanol–water partition coefficient (Wildman–Crippen LogP) is -0.0726. The van der Waals surface area contributed by atoms with E-state index in [1.54, 1.807) is 13.1 Å². The number of nitrogens with one attached hydrogen (secondary N) is 1. The van der Waals surface area contributed by atoms with E-state index in [-0.39, 0.29) is 0 Å². The molecular formula is C6H10N2O2. The zero-order valence-corrected chi connectivity index (χ0v) is 5.74. The third-order valence-corrected chi connectivity index (χ3v) is 1.18. The Morgan fingerprint density at radius 3 is 3.20 bits per heavy atom. The number of aromatic nitrogens is 1. The number of nitrogens with zero attached hydrogens (tertiary/aromatic N) is 1. The first-order valence-electron chi connectivity index (χ1n) is 3.08. The molecule has 0 aliphatic heterocycles. The molecule has 0 bridgehead atoms. The van der Waals surface area contributed by atoms with Gasteiger partial charge in [0.05, 0.1) is 6.20 Å². The van der Waals surface area contributed by atoms with Crippen LogP contribution in [0.3, 0.4) is 0 Å². The van der Waals surface area contributed by atoms with Gasteiger partial charge in [0.15, 0.2) is 5.76 Å². The molecule has 0 saturated heterocycles. The minimum Gasteiger partial charge on any atom is -0.384 e. The Morgan fingerprint density at radius 2 is 2.70 bits per heavy atom. The molecule has 0 aliphatic carbocycles. The lowest BCUT2D eigenvalue weighted by Gasteiger charge is -2.03. The van der Waals surface area contributed by atoms with Gasteiger partial charge in [-0.05, 0) is 7.05 Å². The maximum atomic E-state index is 9.21. The Hall–Kier alpha value is -0.870. The molecular weight excluding hydrogens is 132 g/mol. The number of rotatable bonds is 3. The number of aliphatic hydroxyl groups excluding tert-OH is 1. The number of likely N-dealkylation sites (N-methyl/N-ethyl adjacent to an activating group) is 1. The smallest absolute Gasteiger partial charge is 0.166 e. The third kappa shape index (κ3) is 1.55. The van der Waals surface area contributed by atoms with Crippen molar-refractivity contribution < 1.29 is 9.63 Å². The highest BCUT2D eigenvalue weighted by Crippen LogP contribution is 2.08. The molecule has 1 unspecified atom stereocenters. The Kier molecular flexibility index (Phi) is 2.42. The monoisotopic (exact) mass is 142 g/mol. The molecule has 0 saturated carbocycles. The summed E-state index contributed by atoms with van der Waals surface area (Å²) in [6.45, 7) is 0.481. The highest BCUT2D eigenvalue weighted by Gasteiger charge is 2.08. The van der Waals surface area contributed by atoms with Crippen LogP contribution in [0.15, 0.2) is 16.8 Å². The lowest BCUT2D eigenvalue weighted by molar-refractivity contribution is 0.140. The van der Waals surface area contributed by atoms with E-state index in [0.29, 0.717) is 12.3 Å². The number of hydrogen-bond donors (Lipinski definition) is 2. The molecule has 0 aromatic carbocycles. The van der Waals surface area contributed by atoms with Gasteiger partial charge < -0.3 is 14.9 Å². The summed E-state index contributed by atoms with van der Waals surface area (Å²) in [7, 11) is 1.76. The van der Waals surface area contributed by atoms with Gasteiger partial charge in [-0.1, -0.05) is 5.16 Å². The van der Waals surface area contributed by atoms with Crippen molar-refractivity contribution in [3.63, 3.8) is 0 Å². The fourth-order valence-corrected chi connectivity index (χ4v) is 0.691. The maximum absolute atomic E-state index is 9.21. The van der Waals surface area contributed by atoms with Crippen LogP contribution in [0, 0.1) is 0 Å². The predicted molar refractivity (Wildman–Crippen MR) is 35.4 cm³/mol. The van der Waals surface area contributed by atoms with E-state index in [9.17, 15) is 5.11 Å². The van der Waals surface area contributed by atoms with Gasteiger partial charge in [0.25, 0.3) is 0 Å². The Balaban J connectivity index is 2.50. The van der Waals surface area contributed by atoms with Gasteiger partial charge in [-0.25, -0.2) is 0 Å². The fraction of sp³-hybridized carbons (Fsp3) is 0.500. The Bertz CT molecular complexity index is 174. The second-order valence-electron chi connectivity index (χ2n) is 1.99. The highest BCUT2D eigenvalue weighted by atomic mass is 16.5. The molecule has 1 aromatic heterocycles. The minimum atomic E-state index is -0.590. The average molecular weight is 142 g/mol. The minimum absolute atomic E-state index is 0.481. The van der Waals surface area contributed by atoms with Gasteiger partial charge in [0.2, 0.25) is 0 Å². The zero-order chi connectivity index (χ0) is 7.40. The van der Waals surface area contributed by atoms with Crippen molar-refractivity contribution in [1.82, 2.24) is 10.5 Å². The third-order valence-electron chi connectivity index (χ3n) is 1.18. The van der Waals surface area contributed by atoms with Gasteiger partial charge in [0.1, 0.15) is 6.10 Å². The van der Waals surface area contributed by atoms with Crippen LogP contribution in [0.2, 0.25) is 0 Å². The molecule has 4 nitrogen and oxygen atoms in total. The molecule has 0 fully saturated rings. The zero-order valence-electron chi connectivity index (χ0n) is 5.74. The van der Waals surface area contributed by atoms with E-state index >= 15 is 0 Å². The van der Waals surface area contributed by atoms with Gasteiger partial charge in [0, 0.05) is 12.6 Å². The second-order valence-corrected chi connectivity index (χ2v) is 1.99. The summed E-state index contributed by atoms with van der Waals surface area (Å²) in [4.78, 5) is 0. The Morgan fingerprint density at radius 1 is 1.90 bits per heavy atom. The lowest BCUT2D eigenvalue weighted by Crippen LogP contribution is -2.16. The first kappa shape index (κ1) is 7.24. The van der Waals surface area contributed by atoms with E-state index in [2.05, 4.69) is 10.5 Å². The summed E-state index contributed by atoms with van der Waals surface area (Å²) in [6.07, 6.45) is 0.918. The molecule has 10 heavy (non-hydrogen) atoms. The van der Waals surface area contributed by atoms with E-state index < -0.39 is 6.10 Å². The summed E-state index contributed by atoms with van der Waals surface area (Å²) in [5, 5.41) is 15.5. The SMILES string of the molecule is CNCC(O)c1ccno1. The lowest BCUT2D eigenvalue weighted by atomic mass is 10.3. The number of aliphatic hydroxyl groups is 1. The average Bonchev–Trinajstić information content (AvgIpc) is 2.38. The van der Waals surface area contributed by atoms with E-state index in [1.807, 2.05) is 0 Å². The standard InChI is InChI=1S/C6H10N2O2/c1-7-4-5(9)6-2-3-8-10-6/h2-3,5,7,9H,4H2,1H3. The van der Waals surface area contributed by atoms with Crippen LogP contribution in [-0.4, -0.2) is 23.9 Å². The van der Waals surface area contributed by atoms with Crippen molar-refractivity contribution in [2.75, 3.05) is 13.6 Å². The largest absolute Gasteiger partial charge is 0.384 e. The van der Waals surface area contributed by atoms with Crippen molar-refractivity contribution in [1.29, 1.82) is 0 Å². The molecule has 0 amide bonds. The van der Waals surface area contributed by atoms with Crippen molar-refractivity contribution >= 4 is 0 Å². The molecule has 1 heterocycles. The molecule has 1 rings (SSSR count). The van der Waals surface area contributed by atoms with Crippen molar-refractivity contribution in [3.8, 4) is 0 Å². The molecule has 56 valence electrons. The molecule has 2 N–H and O–H groups in total. The molecule has 4 heteroatoms. The van der Waals surface area contributed by atoms with E-state index in [1.165, 1.54) is 6.20 Å². The van der Waals surface area contributed by atoms with Crippen molar-refractivity contribution in [3.05, 3.63) is 18.0 Å². The van der Waals surface area contributed by atoms with Crippen LogP contribution in [0.1, 0.15) is 11.9 Å². The highest BCUT2D eigenvalue weighted by molar-refractivity contribution is 4.97. The Labute approximate surface area is 58.8 Å². The van der Waals surface area contributed by atoms with Crippen LogP contribution in [0.4, 0.5) is 0 Å². The van der Waals surface area contributed by atoms with E-state index in [0.717, 1.165) is 0 Å². The second kappa shape index (κ2) is 3.34. The van der Waals surface area contributed by atoms with E-state index in [4.69, 9.17) is 4.52 Å². The number of hydrogen-bond acceptors (Lipinski definition) is 4. The normalized spacial score (nSPS) is 13.4. The van der Waals surface area contributed by atoms with Crippen LogP contribution in [0.25, 0.3) is 0 Å².